The summed E-state index contributed by atoms with van der Waals surface area (Å²) in [5.74, 6) is 0. The summed E-state index contributed by atoms with van der Waals surface area (Å²) in [7, 11) is -3.43. The van der Waals surface area contributed by atoms with E-state index in [9.17, 15) is 13.5 Å². The summed E-state index contributed by atoms with van der Waals surface area (Å²) in [6, 6.07) is 9.52. The molecule has 6 heteroatoms. The highest BCUT2D eigenvalue weighted by molar-refractivity contribution is 7.85. The average molecular weight is 271 g/mol. The molecule has 1 rings (SSSR count). The Labute approximate surface area is 107 Å². The molecule has 5 nitrogen and oxygen atoms in total. The first-order valence-electron chi connectivity index (χ1n) is 5.55. The molecule has 0 amide bonds. The van der Waals surface area contributed by atoms with Gasteiger partial charge >= 0.3 is 0 Å². The third kappa shape index (κ3) is 7.16. The molecule has 1 atom stereocenters. The van der Waals surface area contributed by atoms with Crippen LogP contribution >= 0.6 is 0 Å². The summed E-state index contributed by atoms with van der Waals surface area (Å²) in [5, 5.41) is 9.54. The van der Waals surface area contributed by atoms with E-state index in [1.165, 1.54) is 0 Å². The first-order valence-corrected chi connectivity index (χ1v) is 7.36. The molecule has 0 radical (unpaired) electrons. The molecule has 0 spiro atoms. The van der Waals surface area contributed by atoms with Crippen LogP contribution in [0.5, 0.6) is 0 Å². The Bertz CT molecular complexity index is 470. The van der Waals surface area contributed by atoms with E-state index in [0.717, 1.165) is 11.8 Å². The van der Waals surface area contributed by atoms with E-state index in [-0.39, 0.29) is 19.6 Å². The monoisotopic (exact) mass is 271 g/mol. The minimum Gasteiger partial charge on any atom is -0.391 e. The van der Waals surface area contributed by atoms with Crippen LogP contribution in [0.3, 0.4) is 0 Å². The van der Waals surface area contributed by atoms with Gasteiger partial charge in [-0.25, -0.2) is 0 Å². The van der Waals surface area contributed by atoms with Crippen molar-refractivity contribution < 1.29 is 17.7 Å². The fourth-order valence-corrected chi connectivity index (χ4v) is 1.64. The van der Waals surface area contributed by atoms with Crippen LogP contribution in [-0.2, 0) is 14.3 Å². The zero-order valence-corrected chi connectivity index (χ0v) is 11.0. The van der Waals surface area contributed by atoms with Gasteiger partial charge in [0.15, 0.2) is 0 Å². The lowest BCUT2D eigenvalue weighted by Gasteiger charge is -2.06. The molecule has 100 valence electrons. The van der Waals surface area contributed by atoms with E-state index in [0.29, 0.717) is 0 Å². The molecular weight excluding hydrogens is 254 g/mol. The molecule has 1 aromatic carbocycles. The van der Waals surface area contributed by atoms with E-state index in [4.69, 9.17) is 0 Å². The van der Waals surface area contributed by atoms with Crippen LogP contribution in [0.2, 0.25) is 0 Å². The molecule has 0 fully saturated rings. The van der Waals surface area contributed by atoms with Gasteiger partial charge in [0.2, 0.25) is 0 Å². The Kier molecular flexibility index (Phi) is 5.97. The van der Waals surface area contributed by atoms with Crippen molar-refractivity contribution in [2.45, 2.75) is 12.5 Å². The van der Waals surface area contributed by atoms with Gasteiger partial charge < -0.3 is 5.11 Å². The molecule has 0 aromatic heterocycles. The second-order valence-corrected chi connectivity index (χ2v) is 5.52. The Hall–Kier alpha value is -1.24. The first kappa shape index (κ1) is 14.8. The molecular formula is C12H17NO4S. The maximum Gasteiger partial charge on any atom is 0.264 e. The maximum atomic E-state index is 10.7. The summed E-state index contributed by atoms with van der Waals surface area (Å²) in [4.78, 5) is 4.08. The zero-order valence-electron chi connectivity index (χ0n) is 10.2. The molecule has 0 aliphatic carbocycles. The van der Waals surface area contributed by atoms with E-state index < -0.39 is 16.2 Å². The van der Waals surface area contributed by atoms with E-state index in [2.05, 4.69) is 9.18 Å². The van der Waals surface area contributed by atoms with Gasteiger partial charge in [-0.15, -0.1) is 0 Å². The predicted molar refractivity (Wildman–Crippen MR) is 70.3 cm³/mol. The fraction of sp³-hybridized carbons (Fsp3) is 0.417. The molecule has 0 heterocycles. The van der Waals surface area contributed by atoms with Crippen molar-refractivity contribution in [2.75, 3.05) is 19.4 Å². The van der Waals surface area contributed by atoms with Crippen molar-refractivity contribution >= 4 is 16.3 Å². The standard InChI is InChI=1S/C12H17NO4S/c1-18(15,16)17-8-7-12(14)10-13-9-11-5-3-2-4-6-11/h2-6,9,12,14H,7-8,10H2,1H3/t12-/m0/s1. The Morgan fingerprint density at radius 3 is 2.67 bits per heavy atom. The molecule has 1 N–H and O–H groups in total. The zero-order chi connectivity index (χ0) is 13.4. The van der Waals surface area contributed by atoms with Crippen LogP contribution in [0.25, 0.3) is 0 Å². The van der Waals surface area contributed by atoms with Crippen molar-refractivity contribution in [3.8, 4) is 0 Å². The van der Waals surface area contributed by atoms with Gasteiger partial charge in [-0.05, 0) is 12.0 Å². The number of hydrogen-bond donors (Lipinski definition) is 1. The number of aliphatic imine (C=N–C) groups is 1. The lowest BCUT2D eigenvalue weighted by molar-refractivity contribution is 0.149. The Balaban J connectivity index is 2.25. The van der Waals surface area contributed by atoms with Crippen LogP contribution in [0.15, 0.2) is 35.3 Å². The number of benzene rings is 1. The third-order valence-electron chi connectivity index (χ3n) is 2.10. The van der Waals surface area contributed by atoms with Gasteiger partial charge in [0.05, 0.1) is 25.5 Å². The average Bonchev–Trinajstić information content (AvgIpc) is 2.28. The minimum atomic E-state index is -3.43. The van der Waals surface area contributed by atoms with Crippen LogP contribution in [0, 0.1) is 0 Å². The van der Waals surface area contributed by atoms with Crippen molar-refractivity contribution in [1.82, 2.24) is 0 Å². The van der Waals surface area contributed by atoms with Crippen LogP contribution in [0.1, 0.15) is 12.0 Å². The SMILES string of the molecule is CS(=O)(=O)OCC[C@H](O)CN=Cc1ccccc1. The third-order valence-corrected chi connectivity index (χ3v) is 2.70. The normalized spacial score (nSPS) is 13.9. The van der Waals surface area contributed by atoms with Gasteiger partial charge in [-0.3, -0.25) is 9.18 Å². The summed E-state index contributed by atoms with van der Waals surface area (Å²) >= 11 is 0. The number of rotatable bonds is 7. The van der Waals surface area contributed by atoms with Gasteiger partial charge in [0.1, 0.15) is 0 Å². The highest BCUT2D eigenvalue weighted by Gasteiger charge is 2.06. The second-order valence-electron chi connectivity index (χ2n) is 3.87. The minimum absolute atomic E-state index is 0.0269. The molecule has 0 bridgehead atoms. The van der Waals surface area contributed by atoms with E-state index in [1.807, 2.05) is 30.3 Å². The quantitative estimate of drug-likeness (QED) is 0.589. The largest absolute Gasteiger partial charge is 0.391 e. The topological polar surface area (TPSA) is 76.0 Å². The highest BCUT2D eigenvalue weighted by atomic mass is 32.2. The summed E-state index contributed by atoms with van der Waals surface area (Å²) in [5.41, 5.74) is 0.956. The molecule has 1 aromatic rings. The summed E-state index contributed by atoms with van der Waals surface area (Å²) in [6.45, 7) is 0.197. The Morgan fingerprint density at radius 2 is 2.06 bits per heavy atom. The van der Waals surface area contributed by atoms with Crippen molar-refractivity contribution in [1.29, 1.82) is 0 Å². The lowest BCUT2D eigenvalue weighted by Crippen LogP contribution is -2.15. The van der Waals surface area contributed by atoms with E-state index >= 15 is 0 Å². The van der Waals surface area contributed by atoms with Crippen LogP contribution < -0.4 is 0 Å². The summed E-state index contributed by atoms with van der Waals surface area (Å²) in [6.07, 6.45) is 2.18. The van der Waals surface area contributed by atoms with E-state index in [1.54, 1.807) is 6.21 Å². The van der Waals surface area contributed by atoms with Gasteiger partial charge in [0, 0.05) is 6.21 Å². The number of aliphatic hydroxyl groups excluding tert-OH is 1. The smallest absolute Gasteiger partial charge is 0.264 e. The van der Waals surface area contributed by atoms with Crippen molar-refractivity contribution in [3.63, 3.8) is 0 Å². The van der Waals surface area contributed by atoms with Gasteiger partial charge in [0.25, 0.3) is 10.1 Å². The maximum absolute atomic E-state index is 10.7. The number of aliphatic hydroxyl groups is 1. The fourth-order valence-electron chi connectivity index (χ4n) is 1.25. The molecule has 0 aliphatic rings. The summed E-state index contributed by atoms with van der Waals surface area (Å²) < 4.78 is 25.9. The molecule has 0 saturated carbocycles. The number of hydrogen-bond acceptors (Lipinski definition) is 5. The Morgan fingerprint density at radius 1 is 1.39 bits per heavy atom. The van der Waals surface area contributed by atoms with Crippen molar-refractivity contribution in [2.24, 2.45) is 4.99 Å². The molecule has 0 saturated heterocycles. The van der Waals surface area contributed by atoms with Gasteiger partial charge in [-0.1, -0.05) is 30.3 Å². The second kappa shape index (κ2) is 7.25. The predicted octanol–water partition coefficient (Wildman–Crippen LogP) is 0.833. The van der Waals surface area contributed by atoms with Crippen LogP contribution in [0.4, 0.5) is 0 Å². The lowest BCUT2D eigenvalue weighted by atomic mass is 10.2. The molecule has 0 unspecified atom stereocenters. The molecule has 0 aliphatic heterocycles. The number of nitrogens with zero attached hydrogens (tertiary/aromatic N) is 1. The van der Waals surface area contributed by atoms with Gasteiger partial charge in [-0.2, -0.15) is 8.42 Å². The van der Waals surface area contributed by atoms with Crippen LogP contribution in [-0.4, -0.2) is 45.3 Å². The first-order chi connectivity index (χ1) is 8.47. The molecule has 18 heavy (non-hydrogen) atoms. The highest BCUT2D eigenvalue weighted by Crippen LogP contribution is 1.98. The van der Waals surface area contributed by atoms with Crippen molar-refractivity contribution in [3.05, 3.63) is 35.9 Å².